The van der Waals surface area contributed by atoms with Crippen molar-refractivity contribution in [1.29, 1.82) is 0 Å². The molecule has 0 amide bonds. The molecule has 1 heterocycles. The quantitative estimate of drug-likeness (QED) is 0.833. The standard InChI is InChI=1S/C17H21N3O/c1-8(21)17-19-12-7-11(18)4-5-13(12)20(17)16-14-9-2-3-10(6-9)15(14)16/h4-5,7-10,14-16,21H,2-3,6,18H2,1H3. The highest BCUT2D eigenvalue weighted by Gasteiger charge is 2.66. The largest absolute Gasteiger partial charge is 0.399 e. The molecule has 5 rings (SSSR count). The number of hydrogen-bond acceptors (Lipinski definition) is 3. The van der Waals surface area contributed by atoms with Crippen molar-refractivity contribution in [2.24, 2.45) is 23.7 Å². The molecule has 2 aromatic rings. The first-order valence-electron chi connectivity index (χ1n) is 8.10. The zero-order valence-electron chi connectivity index (χ0n) is 12.2. The Labute approximate surface area is 124 Å². The normalized spacial score (nSPS) is 37.9. The third-order valence-electron chi connectivity index (χ3n) is 6.11. The summed E-state index contributed by atoms with van der Waals surface area (Å²) in [4.78, 5) is 4.66. The highest BCUT2D eigenvalue weighted by atomic mass is 16.3. The Morgan fingerprint density at radius 2 is 2.00 bits per heavy atom. The Balaban J connectivity index is 1.67. The molecule has 3 aliphatic rings. The third-order valence-corrected chi connectivity index (χ3v) is 6.11. The van der Waals surface area contributed by atoms with E-state index in [4.69, 9.17) is 5.73 Å². The van der Waals surface area contributed by atoms with Crippen molar-refractivity contribution in [2.45, 2.75) is 38.3 Å². The average Bonchev–Trinajstić information content (AvgIpc) is 2.80. The Morgan fingerprint density at radius 1 is 1.29 bits per heavy atom. The van der Waals surface area contributed by atoms with E-state index < -0.39 is 6.10 Å². The van der Waals surface area contributed by atoms with Crippen LogP contribution in [0.25, 0.3) is 11.0 Å². The average molecular weight is 283 g/mol. The zero-order valence-corrected chi connectivity index (χ0v) is 12.2. The molecule has 5 unspecified atom stereocenters. The van der Waals surface area contributed by atoms with Crippen LogP contribution in [0.1, 0.15) is 44.2 Å². The van der Waals surface area contributed by atoms with Crippen LogP contribution >= 0.6 is 0 Å². The smallest absolute Gasteiger partial charge is 0.138 e. The fourth-order valence-corrected chi connectivity index (χ4v) is 5.37. The van der Waals surface area contributed by atoms with E-state index in [2.05, 4.69) is 15.6 Å². The van der Waals surface area contributed by atoms with Crippen molar-refractivity contribution < 1.29 is 5.11 Å². The molecule has 0 spiro atoms. The minimum absolute atomic E-state index is 0.530. The van der Waals surface area contributed by atoms with Gasteiger partial charge >= 0.3 is 0 Å². The molecule has 4 heteroatoms. The highest BCUT2D eigenvalue weighted by molar-refractivity contribution is 5.80. The number of hydrogen-bond donors (Lipinski definition) is 2. The van der Waals surface area contributed by atoms with Crippen molar-refractivity contribution in [3.63, 3.8) is 0 Å². The molecular weight excluding hydrogens is 262 g/mol. The van der Waals surface area contributed by atoms with Crippen molar-refractivity contribution in [1.82, 2.24) is 9.55 Å². The number of benzene rings is 1. The molecule has 3 aliphatic carbocycles. The summed E-state index contributed by atoms with van der Waals surface area (Å²) in [6.45, 7) is 1.81. The van der Waals surface area contributed by atoms with Crippen LogP contribution in [0.5, 0.6) is 0 Å². The summed E-state index contributed by atoms with van der Waals surface area (Å²) < 4.78 is 2.33. The molecule has 21 heavy (non-hydrogen) atoms. The third kappa shape index (κ3) is 1.46. The fraction of sp³-hybridized carbons (Fsp3) is 0.588. The van der Waals surface area contributed by atoms with Crippen LogP contribution in [-0.4, -0.2) is 14.7 Å². The molecule has 4 nitrogen and oxygen atoms in total. The van der Waals surface area contributed by atoms with Gasteiger partial charge in [0.05, 0.1) is 11.0 Å². The van der Waals surface area contributed by atoms with Gasteiger partial charge in [0.25, 0.3) is 0 Å². The minimum atomic E-state index is -0.530. The number of nitrogens with two attached hydrogens (primary N) is 1. The van der Waals surface area contributed by atoms with Crippen molar-refractivity contribution in [3.05, 3.63) is 24.0 Å². The van der Waals surface area contributed by atoms with Gasteiger partial charge < -0.3 is 15.4 Å². The van der Waals surface area contributed by atoms with Crippen LogP contribution in [0, 0.1) is 23.7 Å². The van der Waals surface area contributed by atoms with Crippen molar-refractivity contribution >= 4 is 16.7 Å². The lowest BCUT2D eigenvalue weighted by molar-refractivity contribution is 0.182. The second-order valence-corrected chi connectivity index (χ2v) is 7.24. The van der Waals surface area contributed by atoms with Gasteiger partial charge in [-0.1, -0.05) is 0 Å². The van der Waals surface area contributed by atoms with Crippen molar-refractivity contribution in [3.8, 4) is 0 Å². The molecule has 110 valence electrons. The first-order chi connectivity index (χ1) is 10.1. The summed E-state index contributed by atoms with van der Waals surface area (Å²) in [5.41, 5.74) is 8.68. The summed E-state index contributed by atoms with van der Waals surface area (Å²) in [5, 5.41) is 10.1. The summed E-state index contributed by atoms with van der Waals surface area (Å²) in [5.74, 6) is 4.30. The number of aliphatic hydroxyl groups excluding tert-OH is 1. The van der Waals surface area contributed by atoms with Gasteiger partial charge in [0, 0.05) is 11.7 Å². The molecule has 2 bridgehead atoms. The molecule has 0 saturated heterocycles. The highest BCUT2D eigenvalue weighted by Crippen LogP contribution is 2.72. The molecule has 3 saturated carbocycles. The van der Waals surface area contributed by atoms with E-state index in [-0.39, 0.29) is 0 Å². The molecule has 1 aromatic carbocycles. The number of anilines is 1. The zero-order chi connectivity index (χ0) is 14.3. The van der Waals surface area contributed by atoms with Crippen LogP contribution < -0.4 is 5.73 Å². The lowest BCUT2D eigenvalue weighted by Crippen LogP contribution is -2.10. The van der Waals surface area contributed by atoms with E-state index in [1.54, 1.807) is 0 Å². The first kappa shape index (κ1) is 12.0. The van der Waals surface area contributed by atoms with E-state index in [0.717, 1.165) is 46.2 Å². The van der Waals surface area contributed by atoms with Gasteiger partial charge in [0.1, 0.15) is 11.9 Å². The lowest BCUT2D eigenvalue weighted by atomic mass is 10.0. The summed E-state index contributed by atoms with van der Waals surface area (Å²) in [7, 11) is 0. The molecular formula is C17H21N3O. The van der Waals surface area contributed by atoms with Crippen LogP contribution in [-0.2, 0) is 0 Å². The maximum Gasteiger partial charge on any atom is 0.138 e. The van der Waals surface area contributed by atoms with E-state index >= 15 is 0 Å². The van der Waals surface area contributed by atoms with E-state index in [1.165, 1.54) is 19.3 Å². The summed E-state index contributed by atoms with van der Waals surface area (Å²) in [6, 6.07) is 6.50. The molecule has 3 fully saturated rings. The van der Waals surface area contributed by atoms with Crippen LogP contribution in [0.3, 0.4) is 0 Å². The molecule has 3 N–H and O–H groups in total. The SMILES string of the molecule is CC(O)c1nc2cc(N)ccc2n1C1C2C3CCC(C3)C21. The van der Waals surface area contributed by atoms with E-state index in [1.807, 2.05) is 19.1 Å². The monoisotopic (exact) mass is 283 g/mol. The second-order valence-electron chi connectivity index (χ2n) is 7.24. The van der Waals surface area contributed by atoms with Gasteiger partial charge in [0.2, 0.25) is 0 Å². The number of rotatable bonds is 2. The number of nitrogens with zero attached hydrogens (tertiary/aromatic N) is 2. The minimum Gasteiger partial charge on any atom is -0.399 e. The molecule has 0 radical (unpaired) electrons. The topological polar surface area (TPSA) is 64.1 Å². The van der Waals surface area contributed by atoms with Gasteiger partial charge in [-0.2, -0.15) is 0 Å². The Hall–Kier alpha value is -1.55. The Bertz CT molecular complexity index is 719. The molecule has 1 aromatic heterocycles. The molecule has 0 aliphatic heterocycles. The first-order valence-corrected chi connectivity index (χ1v) is 8.10. The van der Waals surface area contributed by atoms with Gasteiger partial charge in [0.15, 0.2) is 0 Å². The predicted molar refractivity (Wildman–Crippen MR) is 81.6 cm³/mol. The second kappa shape index (κ2) is 3.80. The van der Waals surface area contributed by atoms with E-state index in [9.17, 15) is 5.11 Å². The van der Waals surface area contributed by atoms with Gasteiger partial charge in [-0.3, -0.25) is 0 Å². The summed E-state index contributed by atoms with van der Waals surface area (Å²) >= 11 is 0. The maximum atomic E-state index is 10.1. The van der Waals surface area contributed by atoms with Crippen LogP contribution in [0.15, 0.2) is 18.2 Å². The number of aliphatic hydroxyl groups is 1. The van der Waals surface area contributed by atoms with E-state index in [0.29, 0.717) is 6.04 Å². The van der Waals surface area contributed by atoms with Gasteiger partial charge in [-0.05, 0) is 68.1 Å². The van der Waals surface area contributed by atoms with Crippen LogP contribution in [0.4, 0.5) is 5.69 Å². The number of nitrogen functional groups attached to an aromatic ring is 1. The maximum absolute atomic E-state index is 10.1. The van der Waals surface area contributed by atoms with Crippen LogP contribution in [0.2, 0.25) is 0 Å². The Kier molecular flexibility index (Phi) is 2.18. The number of aromatic nitrogens is 2. The Morgan fingerprint density at radius 3 is 2.67 bits per heavy atom. The number of fused-ring (bicyclic) bond motifs is 6. The fourth-order valence-electron chi connectivity index (χ4n) is 5.37. The van der Waals surface area contributed by atoms with Crippen molar-refractivity contribution in [2.75, 3.05) is 5.73 Å². The van der Waals surface area contributed by atoms with Gasteiger partial charge in [-0.15, -0.1) is 0 Å². The molecule has 5 atom stereocenters. The lowest BCUT2D eigenvalue weighted by Gasteiger charge is -2.15. The summed E-state index contributed by atoms with van der Waals surface area (Å²) in [6.07, 6.45) is 3.73. The van der Waals surface area contributed by atoms with Gasteiger partial charge in [-0.25, -0.2) is 4.98 Å². The predicted octanol–water partition coefficient (Wildman–Crippen LogP) is 2.89. The number of imidazole rings is 1.